The molecule has 1 aliphatic rings. The third-order valence-corrected chi connectivity index (χ3v) is 4.20. The predicted octanol–water partition coefficient (Wildman–Crippen LogP) is 2.80. The molecule has 0 bridgehead atoms. The van der Waals surface area contributed by atoms with E-state index in [0.29, 0.717) is 17.1 Å². The lowest BCUT2D eigenvalue weighted by Crippen LogP contribution is -2.39. The second-order valence-corrected chi connectivity index (χ2v) is 5.63. The van der Waals surface area contributed by atoms with E-state index in [4.69, 9.17) is 17.3 Å². The molecule has 3 rings (SSSR count). The SMILES string of the molecule is N#Cc1ccccc1N1C[C@H](N)C(=O)Cc2c(Cl)cccc21. The van der Waals surface area contributed by atoms with Gasteiger partial charge in [0.15, 0.2) is 5.78 Å². The molecule has 4 nitrogen and oxygen atoms in total. The first kappa shape index (κ1) is 14.6. The number of ketones is 1. The summed E-state index contributed by atoms with van der Waals surface area (Å²) in [5.74, 6) is -0.0497. The monoisotopic (exact) mass is 311 g/mol. The van der Waals surface area contributed by atoms with Crippen LogP contribution in [0.25, 0.3) is 0 Å². The zero-order valence-electron chi connectivity index (χ0n) is 11.8. The number of carbonyl (C=O) groups is 1. The minimum atomic E-state index is -0.616. The lowest BCUT2D eigenvalue weighted by molar-refractivity contribution is -0.119. The first-order valence-electron chi connectivity index (χ1n) is 6.94. The van der Waals surface area contributed by atoms with Crippen molar-refractivity contribution in [3.63, 3.8) is 0 Å². The third kappa shape index (κ3) is 2.45. The van der Waals surface area contributed by atoms with Gasteiger partial charge in [0.2, 0.25) is 0 Å². The maximum atomic E-state index is 12.2. The molecule has 110 valence electrons. The van der Waals surface area contributed by atoms with Gasteiger partial charge in [0, 0.05) is 29.2 Å². The predicted molar refractivity (Wildman–Crippen MR) is 86.3 cm³/mol. The van der Waals surface area contributed by atoms with E-state index in [2.05, 4.69) is 6.07 Å². The number of hydrogen-bond acceptors (Lipinski definition) is 4. The Morgan fingerprint density at radius 3 is 2.68 bits per heavy atom. The second-order valence-electron chi connectivity index (χ2n) is 5.23. The van der Waals surface area contributed by atoms with E-state index in [-0.39, 0.29) is 12.2 Å². The van der Waals surface area contributed by atoms with Gasteiger partial charge in [-0.25, -0.2) is 0 Å². The highest BCUT2D eigenvalue weighted by molar-refractivity contribution is 6.32. The van der Waals surface area contributed by atoms with Crippen molar-refractivity contribution >= 4 is 28.8 Å². The van der Waals surface area contributed by atoms with Crippen molar-refractivity contribution in [1.82, 2.24) is 0 Å². The summed E-state index contributed by atoms with van der Waals surface area (Å²) in [7, 11) is 0. The first-order valence-corrected chi connectivity index (χ1v) is 7.32. The smallest absolute Gasteiger partial charge is 0.155 e. The van der Waals surface area contributed by atoms with E-state index in [0.717, 1.165) is 16.9 Å². The fraction of sp³-hybridized carbons (Fsp3) is 0.176. The van der Waals surface area contributed by atoms with Crippen molar-refractivity contribution in [3.05, 3.63) is 58.6 Å². The summed E-state index contributed by atoms with van der Waals surface area (Å²) in [5, 5.41) is 9.88. The number of anilines is 2. The standard InChI is InChI=1S/C17H14ClN3O/c18-13-5-3-7-16-12(13)8-17(22)14(20)10-21(16)15-6-2-1-4-11(15)9-19/h1-7,14H,8,10,20H2/t14-/m0/s1. The summed E-state index contributed by atoms with van der Waals surface area (Å²) < 4.78 is 0. The molecule has 0 amide bonds. The number of para-hydroxylation sites is 1. The van der Waals surface area contributed by atoms with Crippen LogP contribution in [0.2, 0.25) is 5.02 Å². The van der Waals surface area contributed by atoms with Crippen molar-refractivity contribution in [3.8, 4) is 6.07 Å². The van der Waals surface area contributed by atoms with E-state index < -0.39 is 6.04 Å². The topological polar surface area (TPSA) is 70.1 Å². The summed E-state index contributed by atoms with van der Waals surface area (Å²) in [6, 6.07) is 14.3. The van der Waals surface area contributed by atoms with E-state index in [1.54, 1.807) is 12.1 Å². The van der Waals surface area contributed by atoms with Crippen LogP contribution in [0.3, 0.4) is 0 Å². The van der Waals surface area contributed by atoms with Gasteiger partial charge < -0.3 is 10.6 Å². The quantitative estimate of drug-likeness (QED) is 0.879. The van der Waals surface area contributed by atoms with Crippen molar-refractivity contribution in [2.45, 2.75) is 12.5 Å². The van der Waals surface area contributed by atoms with Gasteiger partial charge in [-0.1, -0.05) is 29.8 Å². The van der Waals surface area contributed by atoms with Gasteiger partial charge >= 0.3 is 0 Å². The molecular formula is C17H14ClN3O. The van der Waals surface area contributed by atoms with Crippen molar-refractivity contribution in [2.75, 3.05) is 11.4 Å². The summed E-state index contributed by atoms with van der Waals surface area (Å²) in [4.78, 5) is 14.1. The minimum Gasteiger partial charge on any atom is -0.338 e. The van der Waals surface area contributed by atoms with Gasteiger partial charge in [-0.3, -0.25) is 4.79 Å². The highest BCUT2D eigenvalue weighted by Gasteiger charge is 2.28. The van der Waals surface area contributed by atoms with Crippen LogP contribution in [-0.2, 0) is 11.2 Å². The minimum absolute atomic E-state index is 0.0497. The number of hydrogen-bond donors (Lipinski definition) is 1. The van der Waals surface area contributed by atoms with Crippen LogP contribution in [-0.4, -0.2) is 18.4 Å². The van der Waals surface area contributed by atoms with Gasteiger partial charge in [0.1, 0.15) is 6.07 Å². The van der Waals surface area contributed by atoms with Crippen LogP contribution in [0, 0.1) is 11.3 Å². The molecule has 1 atom stereocenters. The van der Waals surface area contributed by atoms with Gasteiger partial charge in [-0.05, 0) is 24.3 Å². The molecule has 0 fully saturated rings. The fourth-order valence-electron chi connectivity index (χ4n) is 2.71. The molecule has 5 heteroatoms. The normalized spacial score (nSPS) is 17.6. The first-order chi connectivity index (χ1) is 10.6. The summed E-state index contributed by atoms with van der Waals surface area (Å²) >= 11 is 6.27. The molecule has 22 heavy (non-hydrogen) atoms. The Morgan fingerprint density at radius 1 is 1.18 bits per heavy atom. The van der Waals surface area contributed by atoms with Crippen LogP contribution in [0.5, 0.6) is 0 Å². The maximum absolute atomic E-state index is 12.2. The lowest BCUT2D eigenvalue weighted by Gasteiger charge is -2.27. The average Bonchev–Trinajstić information content (AvgIpc) is 2.66. The molecule has 0 radical (unpaired) electrons. The molecule has 2 aromatic carbocycles. The van der Waals surface area contributed by atoms with Crippen LogP contribution < -0.4 is 10.6 Å². The number of halogens is 1. The Bertz CT molecular complexity index is 782. The van der Waals surface area contributed by atoms with Crippen LogP contribution in [0.4, 0.5) is 11.4 Å². The zero-order valence-corrected chi connectivity index (χ0v) is 12.5. The van der Waals surface area contributed by atoms with Gasteiger partial charge in [-0.15, -0.1) is 0 Å². The number of rotatable bonds is 1. The van der Waals surface area contributed by atoms with E-state index in [1.807, 2.05) is 35.2 Å². The maximum Gasteiger partial charge on any atom is 0.155 e. The number of nitrogens with two attached hydrogens (primary N) is 1. The molecule has 2 aromatic rings. The van der Waals surface area contributed by atoms with Crippen molar-refractivity contribution < 1.29 is 4.79 Å². The zero-order chi connectivity index (χ0) is 15.7. The number of Topliss-reactive ketones (excluding diaryl/α,β-unsaturated/α-hetero) is 1. The molecule has 1 heterocycles. The average molecular weight is 312 g/mol. The van der Waals surface area contributed by atoms with E-state index in [9.17, 15) is 10.1 Å². The molecule has 1 aliphatic heterocycles. The number of carbonyl (C=O) groups excluding carboxylic acids is 1. The Hall–Kier alpha value is -2.35. The number of nitriles is 1. The summed E-state index contributed by atoms with van der Waals surface area (Å²) in [6.45, 7) is 0.324. The lowest BCUT2D eigenvalue weighted by atomic mass is 10.1. The molecule has 0 aliphatic carbocycles. The second kappa shape index (κ2) is 5.80. The molecule has 0 saturated heterocycles. The van der Waals surface area contributed by atoms with Crippen LogP contribution in [0.1, 0.15) is 11.1 Å². The largest absolute Gasteiger partial charge is 0.338 e. The van der Waals surface area contributed by atoms with E-state index >= 15 is 0 Å². The Kier molecular flexibility index (Phi) is 3.84. The Morgan fingerprint density at radius 2 is 1.91 bits per heavy atom. The fourth-order valence-corrected chi connectivity index (χ4v) is 2.95. The Balaban J connectivity index is 2.21. The number of fused-ring (bicyclic) bond motifs is 1. The van der Waals surface area contributed by atoms with Crippen molar-refractivity contribution in [2.24, 2.45) is 5.73 Å². The van der Waals surface area contributed by atoms with Crippen LogP contribution >= 0.6 is 11.6 Å². The van der Waals surface area contributed by atoms with Crippen molar-refractivity contribution in [1.29, 1.82) is 5.26 Å². The van der Waals surface area contributed by atoms with E-state index in [1.165, 1.54) is 0 Å². The highest BCUT2D eigenvalue weighted by atomic mass is 35.5. The van der Waals surface area contributed by atoms with Gasteiger partial charge in [-0.2, -0.15) is 5.26 Å². The number of nitrogens with zero attached hydrogens (tertiary/aromatic N) is 2. The molecule has 0 spiro atoms. The molecule has 2 N–H and O–H groups in total. The molecular weight excluding hydrogens is 298 g/mol. The molecule has 0 saturated carbocycles. The highest BCUT2D eigenvalue weighted by Crippen LogP contribution is 2.36. The molecule has 0 unspecified atom stereocenters. The van der Waals surface area contributed by atoms with Gasteiger partial charge in [0.05, 0.1) is 17.3 Å². The third-order valence-electron chi connectivity index (χ3n) is 3.84. The summed E-state index contributed by atoms with van der Waals surface area (Å²) in [5.41, 5.74) is 8.87. The van der Waals surface area contributed by atoms with Gasteiger partial charge in [0.25, 0.3) is 0 Å². The van der Waals surface area contributed by atoms with Crippen LogP contribution in [0.15, 0.2) is 42.5 Å². The molecule has 0 aromatic heterocycles. The summed E-state index contributed by atoms with van der Waals surface area (Å²) in [6.07, 6.45) is 0.210. The Labute approximate surface area is 133 Å². The number of benzene rings is 2.